The summed E-state index contributed by atoms with van der Waals surface area (Å²) in [5.41, 5.74) is 0. The Morgan fingerprint density at radius 2 is 2.45 bits per heavy atom. The standard InChI is InChI=1S/C5H11N5S/c1-6-3-4-11-5-7-8-9-10(5)2/h6H,3-4H2,1-2H3. The first-order valence-electron chi connectivity index (χ1n) is 3.34. The summed E-state index contributed by atoms with van der Waals surface area (Å²) in [4.78, 5) is 0. The molecule has 0 atom stereocenters. The molecule has 6 heteroatoms. The number of rotatable bonds is 4. The van der Waals surface area contributed by atoms with E-state index < -0.39 is 0 Å². The number of nitrogens with one attached hydrogen (secondary N) is 1. The maximum Gasteiger partial charge on any atom is 0.209 e. The zero-order valence-corrected chi connectivity index (χ0v) is 7.43. The molecule has 1 aromatic heterocycles. The third-order valence-electron chi connectivity index (χ3n) is 1.16. The van der Waals surface area contributed by atoms with Gasteiger partial charge in [-0.05, 0) is 17.5 Å². The van der Waals surface area contributed by atoms with E-state index in [1.54, 1.807) is 16.4 Å². The number of nitrogens with zero attached hydrogens (tertiary/aromatic N) is 4. The van der Waals surface area contributed by atoms with Crippen molar-refractivity contribution in [3.05, 3.63) is 0 Å². The van der Waals surface area contributed by atoms with Gasteiger partial charge in [0.15, 0.2) is 0 Å². The molecule has 0 spiro atoms. The zero-order chi connectivity index (χ0) is 8.10. The SMILES string of the molecule is CNCCSc1nnnn1C. The fourth-order valence-electron chi connectivity index (χ4n) is 0.588. The lowest BCUT2D eigenvalue weighted by Crippen LogP contribution is -2.10. The highest BCUT2D eigenvalue weighted by molar-refractivity contribution is 7.99. The van der Waals surface area contributed by atoms with E-state index in [9.17, 15) is 0 Å². The van der Waals surface area contributed by atoms with Crippen molar-refractivity contribution >= 4 is 11.8 Å². The molecular formula is C5H11N5S. The molecule has 62 valence electrons. The molecule has 1 rings (SSSR count). The summed E-state index contributed by atoms with van der Waals surface area (Å²) in [5.74, 6) is 0.991. The van der Waals surface area contributed by atoms with Gasteiger partial charge in [-0.25, -0.2) is 4.68 Å². The van der Waals surface area contributed by atoms with Crippen molar-refractivity contribution in [1.82, 2.24) is 25.5 Å². The van der Waals surface area contributed by atoms with Crippen LogP contribution in [0.2, 0.25) is 0 Å². The van der Waals surface area contributed by atoms with Crippen LogP contribution in [0.1, 0.15) is 0 Å². The first-order chi connectivity index (χ1) is 5.34. The summed E-state index contributed by atoms with van der Waals surface area (Å²) in [5, 5.41) is 15.0. The molecular weight excluding hydrogens is 162 g/mol. The van der Waals surface area contributed by atoms with Gasteiger partial charge in [0.05, 0.1) is 0 Å². The fourth-order valence-corrected chi connectivity index (χ4v) is 1.39. The molecule has 0 aromatic carbocycles. The second-order valence-electron chi connectivity index (χ2n) is 2.04. The minimum atomic E-state index is 0.861. The Morgan fingerprint density at radius 1 is 1.64 bits per heavy atom. The summed E-state index contributed by atoms with van der Waals surface area (Å²) >= 11 is 1.64. The number of aromatic nitrogens is 4. The van der Waals surface area contributed by atoms with Gasteiger partial charge in [0.25, 0.3) is 0 Å². The van der Waals surface area contributed by atoms with Gasteiger partial charge in [-0.2, -0.15) is 0 Å². The van der Waals surface area contributed by atoms with Crippen LogP contribution >= 0.6 is 11.8 Å². The average Bonchev–Trinajstić information content (AvgIpc) is 2.37. The molecule has 1 N–H and O–H groups in total. The van der Waals surface area contributed by atoms with Crippen molar-refractivity contribution in [3.8, 4) is 0 Å². The van der Waals surface area contributed by atoms with Gasteiger partial charge in [-0.15, -0.1) is 5.10 Å². The predicted molar refractivity (Wildman–Crippen MR) is 43.4 cm³/mol. The Balaban J connectivity index is 2.32. The van der Waals surface area contributed by atoms with Crippen molar-refractivity contribution < 1.29 is 0 Å². The van der Waals surface area contributed by atoms with E-state index in [4.69, 9.17) is 0 Å². The number of thioether (sulfide) groups is 1. The van der Waals surface area contributed by atoms with Gasteiger partial charge in [0, 0.05) is 19.3 Å². The summed E-state index contributed by atoms with van der Waals surface area (Å²) in [7, 11) is 3.76. The first kappa shape index (κ1) is 8.48. The highest BCUT2D eigenvalue weighted by atomic mass is 32.2. The number of hydrogen-bond acceptors (Lipinski definition) is 5. The molecule has 1 heterocycles. The summed E-state index contributed by atoms with van der Waals surface area (Å²) < 4.78 is 1.67. The Kier molecular flexibility index (Phi) is 3.31. The average molecular weight is 173 g/mol. The van der Waals surface area contributed by atoms with Crippen LogP contribution in [0.25, 0.3) is 0 Å². The fraction of sp³-hybridized carbons (Fsp3) is 0.800. The lowest BCUT2D eigenvalue weighted by atomic mass is 10.8. The quantitative estimate of drug-likeness (QED) is 0.492. The van der Waals surface area contributed by atoms with E-state index in [-0.39, 0.29) is 0 Å². The van der Waals surface area contributed by atoms with Crippen molar-refractivity contribution in [2.75, 3.05) is 19.3 Å². The van der Waals surface area contributed by atoms with Crippen LogP contribution in [0.4, 0.5) is 0 Å². The minimum absolute atomic E-state index is 0.861. The van der Waals surface area contributed by atoms with Crippen LogP contribution < -0.4 is 5.32 Å². The Hall–Kier alpha value is -0.620. The smallest absolute Gasteiger partial charge is 0.209 e. The Labute approximate surface area is 69.5 Å². The molecule has 0 aliphatic carbocycles. The summed E-state index contributed by atoms with van der Waals surface area (Å²) in [6.45, 7) is 0.970. The zero-order valence-electron chi connectivity index (χ0n) is 6.61. The van der Waals surface area contributed by atoms with E-state index in [2.05, 4.69) is 20.8 Å². The van der Waals surface area contributed by atoms with Crippen LogP contribution in [-0.2, 0) is 7.05 Å². The number of aryl methyl sites for hydroxylation is 1. The lowest BCUT2D eigenvalue weighted by molar-refractivity contribution is 0.664. The van der Waals surface area contributed by atoms with Crippen molar-refractivity contribution in [2.45, 2.75) is 5.16 Å². The molecule has 0 unspecified atom stereocenters. The Bertz CT molecular complexity index is 210. The molecule has 0 aliphatic rings. The highest BCUT2D eigenvalue weighted by Crippen LogP contribution is 2.10. The van der Waals surface area contributed by atoms with E-state index >= 15 is 0 Å². The van der Waals surface area contributed by atoms with Gasteiger partial charge in [0.1, 0.15) is 0 Å². The van der Waals surface area contributed by atoms with Crippen molar-refractivity contribution in [1.29, 1.82) is 0 Å². The summed E-state index contributed by atoms with van der Waals surface area (Å²) in [6.07, 6.45) is 0. The van der Waals surface area contributed by atoms with Crippen molar-refractivity contribution in [3.63, 3.8) is 0 Å². The third-order valence-corrected chi connectivity index (χ3v) is 2.18. The van der Waals surface area contributed by atoms with E-state index in [1.807, 2.05) is 14.1 Å². The molecule has 5 nitrogen and oxygen atoms in total. The van der Waals surface area contributed by atoms with Gasteiger partial charge in [-0.1, -0.05) is 11.8 Å². The minimum Gasteiger partial charge on any atom is -0.319 e. The molecule has 0 radical (unpaired) electrons. The second-order valence-corrected chi connectivity index (χ2v) is 3.10. The summed E-state index contributed by atoms with van der Waals surface area (Å²) in [6, 6.07) is 0. The number of hydrogen-bond donors (Lipinski definition) is 1. The molecule has 0 fully saturated rings. The van der Waals surface area contributed by atoms with Gasteiger partial charge in [-0.3, -0.25) is 0 Å². The maximum absolute atomic E-state index is 3.82. The van der Waals surface area contributed by atoms with Crippen LogP contribution in [-0.4, -0.2) is 39.6 Å². The normalized spacial score (nSPS) is 10.4. The largest absolute Gasteiger partial charge is 0.319 e. The maximum atomic E-state index is 3.82. The Morgan fingerprint density at radius 3 is 3.00 bits per heavy atom. The van der Waals surface area contributed by atoms with Crippen molar-refractivity contribution in [2.24, 2.45) is 7.05 Å². The molecule has 0 saturated carbocycles. The molecule has 0 aliphatic heterocycles. The predicted octanol–water partition coefficient (Wildman–Crippen LogP) is -0.478. The van der Waals surface area contributed by atoms with E-state index in [0.717, 1.165) is 17.5 Å². The topological polar surface area (TPSA) is 55.6 Å². The monoisotopic (exact) mass is 173 g/mol. The molecule has 0 bridgehead atoms. The first-order valence-corrected chi connectivity index (χ1v) is 4.33. The van der Waals surface area contributed by atoms with Crippen LogP contribution in [0, 0.1) is 0 Å². The highest BCUT2D eigenvalue weighted by Gasteiger charge is 2.00. The van der Waals surface area contributed by atoms with Crippen LogP contribution in [0.15, 0.2) is 5.16 Å². The van der Waals surface area contributed by atoms with Crippen LogP contribution in [0.3, 0.4) is 0 Å². The number of tetrazole rings is 1. The van der Waals surface area contributed by atoms with Gasteiger partial charge < -0.3 is 5.32 Å². The van der Waals surface area contributed by atoms with Gasteiger partial charge in [0.2, 0.25) is 5.16 Å². The van der Waals surface area contributed by atoms with E-state index in [0.29, 0.717) is 0 Å². The van der Waals surface area contributed by atoms with Gasteiger partial charge >= 0.3 is 0 Å². The second kappa shape index (κ2) is 4.30. The van der Waals surface area contributed by atoms with E-state index in [1.165, 1.54) is 0 Å². The molecule has 11 heavy (non-hydrogen) atoms. The molecule has 0 saturated heterocycles. The lowest BCUT2D eigenvalue weighted by Gasteiger charge is -1.96. The van der Waals surface area contributed by atoms with Crippen LogP contribution in [0.5, 0.6) is 0 Å². The third kappa shape index (κ3) is 2.47. The molecule has 1 aromatic rings. The molecule has 0 amide bonds.